The molecule has 4 aromatic heterocycles. The highest BCUT2D eigenvalue weighted by Gasteiger charge is 2.26. The summed E-state index contributed by atoms with van der Waals surface area (Å²) in [4.78, 5) is 40.3. The Labute approximate surface area is 166 Å². The fourth-order valence-electron chi connectivity index (χ4n) is 3.65. The molecule has 0 aromatic carbocycles. The van der Waals surface area contributed by atoms with Crippen LogP contribution in [0.2, 0.25) is 0 Å². The van der Waals surface area contributed by atoms with Crippen LogP contribution in [0.3, 0.4) is 0 Å². The number of aromatic nitrogens is 7. The second kappa shape index (κ2) is 7.34. The van der Waals surface area contributed by atoms with E-state index in [1.54, 1.807) is 31.1 Å². The minimum Gasteiger partial charge on any atom is -0.337 e. The maximum atomic E-state index is 12.6. The molecule has 4 aromatic rings. The van der Waals surface area contributed by atoms with Crippen molar-refractivity contribution in [3.63, 3.8) is 0 Å². The fourth-order valence-corrected chi connectivity index (χ4v) is 3.65. The summed E-state index contributed by atoms with van der Waals surface area (Å²) in [7, 11) is 0. The van der Waals surface area contributed by atoms with Crippen LogP contribution in [-0.4, -0.2) is 58.4 Å². The maximum Gasteiger partial charge on any atom is 0.274 e. The predicted octanol–water partition coefficient (Wildman–Crippen LogP) is 2.16. The lowest BCUT2D eigenvalue weighted by Crippen LogP contribution is -2.39. The number of nitrogens with zero attached hydrogens (tertiary/aromatic N) is 8. The Hall–Kier alpha value is -3.75. The van der Waals surface area contributed by atoms with Crippen LogP contribution >= 0.6 is 0 Å². The van der Waals surface area contributed by atoms with Gasteiger partial charge in [0, 0.05) is 49.5 Å². The third-order valence-corrected chi connectivity index (χ3v) is 5.17. The number of rotatable bonds is 3. The van der Waals surface area contributed by atoms with E-state index >= 15 is 0 Å². The van der Waals surface area contributed by atoms with Crippen molar-refractivity contribution in [3.05, 3.63) is 61.3 Å². The highest BCUT2D eigenvalue weighted by Crippen LogP contribution is 2.27. The van der Waals surface area contributed by atoms with Crippen LogP contribution in [0.15, 0.2) is 55.6 Å². The predicted molar refractivity (Wildman–Crippen MR) is 105 cm³/mol. The molecule has 29 heavy (non-hydrogen) atoms. The van der Waals surface area contributed by atoms with Crippen molar-refractivity contribution in [3.8, 4) is 11.3 Å². The van der Waals surface area contributed by atoms with E-state index in [0.29, 0.717) is 24.4 Å². The molecule has 1 aliphatic rings. The van der Waals surface area contributed by atoms with Gasteiger partial charge in [-0.05, 0) is 25.0 Å². The van der Waals surface area contributed by atoms with Crippen LogP contribution in [0.25, 0.3) is 22.6 Å². The largest absolute Gasteiger partial charge is 0.337 e. The van der Waals surface area contributed by atoms with Crippen LogP contribution in [0.5, 0.6) is 0 Å². The normalized spacial score (nSPS) is 15.0. The topological polar surface area (TPSA) is 103 Å². The molecule has 0 bridgehead atoms. The maximum absolute atomic E-state index is 12.6. The van der Waals surface area contributed by atoms with E-state index in [2.05, 4.69) is 29.5 Å². The molecule has 0 saturated carbocycles. The van der Waals surface area contributed by atoms with E-state index in [4.69, 9.17) is 4.98 Å². The standard InChI is InChI=1S/C20H18N8O/c29-20(17-11-22-6-7-23-17)27-8-3-15(4-9-27)28-13-25-18-19(28)26-16(12-24-18)14-2-1-5-21-10-14/h1-2,5-7,10-13,15H,3-4,8-9H2. The average Bonchev–Trinajstić information content (AvgIpc) is 3.23. The second-order valence-corrected chi connectivity index (χ2v) is 6.91. The molecule has 9 nitrogen and oxygen atoms in total. The number of carbonyl (C=O) groups excluding carboxylic acids is 1. The molecule has 144 valence electrons. The molecular formula is C20H18N8O. The molecule has 1 fully saturated rings. The van der Waals surface area contributed by atoms with Gasteiger partial charge in [-0.1, -0.05) is 0 Å². The van der Waals surface area contributed by atoms with Gasteiger partial charge in [0.15, 0.2) is 11.3 Å². The van der Waals surface area contributed by atoms with Crippen LogP contribution < -0.4 is 0 Å². The average molecular weight is 386 g/mol. The lowest BCUT2D eigenvalue weighted by atomic mass is 10.0. The minimum absolute atomic E-state index is 0.0781. The van der Waals surface area contributed by atoms with Gasteiger partial charge in [-0.15, -0.1) is 0 Å². The Morgan fingerprint density at radius 3 is 2.59 bits per heavy atom. The van der Waals surface area contributed by atoms with E-state index in [0.717, 1.165) is 29.7 Å². The lowest BCUT2D eigenvalue weighted by molar-refractivity contribution is 0.0689. The zero-order valence-corrected chi connectivity index (χ0v) is 15.6. The first-order valence-electron chi connectivity index (χ1n) is 9.45. The molecule has 0 unspecified atom stereocenters. The van der Waals surface area contributed by atoms with Gasteiger partial charge >= 0.3 is 0 Å². The molecule has 0 radical (unpaired) electrons. The van der Waals surface area contributed by atoms with Gasteiger partial charge in [0.05, 0.1) is 24.4 Å². The summed E-state index contributed by atoms with van der Waals surface area (Å²) < 4.78 is 2.08. The van der Waals surface area contributed by atoms with Crippen molar-refractivity contribution in [2.75, 3.05) is 13.1 Å². The highest BCUT2D eigenvalue weighted by molar-refractivity contribution is 5.92. The summed E-state index contributed by atoms with van der Waals surface area (Å²) in [6.07, 6.45) is 13.3. The molecule has 0 atom stereocenters. The van der Waals surface area contributed by atoms with Crippen LogP contribution in [0, 0.1) is 0 Å². The highest BCUT2D eigenvalue weighted by atomic mass is 16.2. The Bertz CT molecular complexity index is 1140. The van der Waals surface area contributed by atoms with Crippen molar-refractivity contribution >= 4 is 17.2 Å². The minimum atomic E-state index is -0.0781. The number of imidazole rings is 1. The smallest absolute Gasteiger partial charge is 0.274 e. The van der Waals surface area contributed by atoms with E-state index in [1.807, 2.05) is 17.0 Å². The SMILES string of the molecule is O=C(c1cnccn1)N1CCC(n2cnc3ncc(-c4cccnc4)nc32)CC1. The number of piperidine rings is 1. The first-order chi connectivity index (χ1) is 14.3. The molecule has 0 aliphatic carbocycles. The zero-order valence-electron chi connectivity index (χ0n) is 15.6. The fraction of sp³-hybridized carbons (Fsp3) is 0.250. The molecule has 5 rings (SSSR count). The summed E-state index contributed by atoms with van der Waals surface area (Å²) in [5.41, 5.74) is 3.44. The van der Waals surface area contributed by atoms with Crippen LogP contribution in [-0.2, 0) is 0 Å². The number of hydrogen-bond acceptors (Lipinski definition) is 7. The Morgan fingerprint density at radius 1 is 0.966 bits per heavy atom. The number of amides is 1. The number of likely N-dealkylation sites (tertiary alicyclic amines) is 1. The van der Waals surface area contributed by atoms with Crippen molar-refractivity contribution in [2.45, 2.75) is 18.9 Å². The van der Waals surface area contributed by atoms with Crippen LogP contribution in [0.4, 0.5) is 0 Å². The van der Waals surface area contributed by atoms with E-state index in [-0.39, 0.29) is 11.9 Å². The monoisotopic (exact) mass is 386 g/mol. The number of carbonyl (C=O) groups is 1. The first kappa shape index (κ1) is 17.4. The molecule has 9 heteroatoms. The summed E-state index contributed by atoms with van der Waals surface area (Å²) in [6.45, 7) is 1.30. The van der Waals surface area contributed by atoms with Gasteiger partial charge in [-0.3, -0.25) is 14.8 Å². The van der Waals surface area contributed by atoms with Gasteiger partial charge < -0.3 is 9.47 Å². The third kappa shape index (κ3) is 3.31. The van der Waals surface area contributed by atoms with Crippen molar-refractivity contribution in [2.24, 2.45) is 0 Å². The van der Waals surface area contributed by atoms with Crippen molar-refractivity contribution < 1.29 is 4.79 Å². The van der Waals surface area contributed by atoms with E-state index in [1.165, 1.54) is 12.4 Å². The van der Waals surface area contributed by atoms with Gasteiger partial charge in [-0.2, -0.15) is 0 Å². The Kier molecular flexibility index (Phi) is 4.39. The Morgan fingerprint density at radius 2 is 1.83 bits per heavy atom. The van der Waals surface area contributed by atoms with Gasteiger partial charge in [-0.25, -0.2) is 19.9 Å². The third-order valence-electron chi connectivity index (χ3n) is 5.17. The van der Waals surface area contributed by atoms with Gasteiger partial charge in [0.2, 0.25) is 0 Å². The summed E-state index contributed by atoms with van der Waals surface area (Å²) in [6, 6.07) is 4.05. The van der Waals surface area contributed by atoms with Gasteiger partial charge in [0.1, 0.15) is 5.69 Å². The second-order valence-electron chi connectivity index (χ2n) is 6.91. The molecule has 1 saturated heterocycles. The van der Waals surface area contributed by atoms with Gasteiger partial charge in [0.25, 0.3) is 5.91 Å². The van der Waals surface area contributed by atoms with E-state index < -0.39 is 0 Å². The number of hydrogen-bond donors (Lipinski definition) is 0. The van der Waals surface area contributed by atoms with Crippen LogP contribution in [0.1, 0.15) is 29.4 Å². The molecule has 0 N–H and O–H groups in total. The number of fused-ring (bicyclic) bond motifs is 1. The Balaban J connectivity index is 1.36. The zero-order chi connectivity index (χ0) is 19.6. The number of pyridine rings is 1. The summed E-state index contributed by atoms with van der Waals surface area (Å²) in [5, 5.41) is 0. The van der Waals surface area contributed by atoms with Crippen molar-refractivity contribution in [1.82, 2.24) is 39.4 Å². The molecule has 0 spiro atoms. The summed E-state index contributed by atoms with van der Waals surface area (Å²) in [5.74, 6) is -0.0781. The molecule has 1 amide bonds. The molecule has 5 heterocycles. The first-order valence-corrected chi connectivity index (χ1v) is 9.45. The van der Waals surface area contributed by atoms with E-state index in [9.17, 15) is 4.79 Å². The van der Waals surface area contributed by atoms with Crippen molar-refractivity contribution in [1.29, 1.82) is 0 Å². The summed E-state index contributed by atoms with van der Waals surface area (Å²) >= 11 is 0. The quantitative estimate of drug-likeness (QED) is 0.531. The lowest BCUT2D eigenvalue weighted by Gasteiger charge is -2.32. The molecule has 1 aliphatic heterocycles. The molecular weight excluding hydrogens is 368 g/mol.